The van der Waals surface area contributed by atoms with Crippen LogP contribution in [0.2, 0.25) is 0 Å². The van der Waals surface area contributed by atoms with E-state index in [4.69, 9.17) is 19.9 Å². The lowest BCUT2D eigenvalue weighted by Crippen LogP contribution is -2.29. The van der Waals surface area contributed by atoms with Crippen molar-refractivity contribution in [2.45, 2.75) is 71.7 Å². The molecule has 1 aromatic heterocycles. The first-order valence-electron chi connectivity index (χ1n) is 20.9. The van der Waals surface area contributed by atoms with Crippen LogP contribution in [0.5, 0.6) is 17.2 Å². The molecule has 0 spiro atoms. The molecule has 0 saturated heterocycles. The number of carbonyl (C=O) groups excluding carboxylic acids is 4. The number of benzene rings is 4. The van der Waals surface area contributed by atoms with E-state index in [9.17, 15) is 19.2 Å². The molecule has 0 aliphatic carbocycles. The normalized spacial score (nSPS) is 13.1. The van der Waals surface area contributed by atoms with Crippen LogP contribution < -0.4 is 30.6 Å². The van der Waals surface area contributed by atoms with Crippen molar-refractivity contribution < 1.29 is 33.4 Å². The van der Waals surface area contributed by atoms with Crippen LogP contribution >= 0.6 is 11.3 Å². The van der Waals surface area contributed by atoms with Crippen LogP contribution in [0.1, 0.15) is 96.4 Å². The van der Waals surface area contributed by atoms with Crippen LogP contribution in [0.3, 0.4) is 0 Å². The molecule has 13 heteroatoms. The number of hydrogen-bond donors (Lipinski definition) is 3. The zero-order valence-electron chi connectivity index (χ0n) is 34.8. The smallest absolute Gasteiger partial charge is 0.263 e. The van der Waals surface area contributed by atoms with Crippen LogP contribution in [-0.4, -0.2) is 66.8 Å². The van der Waals surface area contributed by atoms with Gasteiger partial charge < -0.3 is 35.5 Å². The largest absolute Gasteiger partial charge is 0.493 e. The van der Waals surface area contributed by atoms with E-state index in [0.717, 1.165) is 66.1 Å². The molecule has 4 N–H and O–H groups in total. The molecule has 0 unspecified atom stereocenters. The van der Waals surface area contributed by atoms with Gasteiger partial charge in [0, 0.05) is 54.1 Å². The number of nitrogens with zero attached hydrogens (tertiary/aromatic N) is 2. The van der Waals surface area contributed by atoms with Crippen LogP contribution in [0.15, 0.2) is 90.3 Å². The maximum atomic E-state index is 13.5. The number of ether oxygens (including phenoxy) is 3. The number of amides is 4. The van der Waals surface area contributed by atoms with Crippen molar-refractivity contribution in [3.05, 3.63) is 140 Å². The maximum Gasteiger partial charge on any atom is 0.263 e. The first-order valence-corrected chi connectivity index (χ1v) is 21.8. The van der Waals surface area contributed by atoms with Gasteiger partial charge in [0.2, 0.25) is 5.91 Å². The van der Waals surface area contributed by atoms with Gasteiger partial charge in [0.05, 0.1) is 37.0 Å². The summed E-state index contributed by atoms with van der Waals surface area (Å²) in [5.41, 5.74) is 13.1. The fourth-order valence-corrected chi connectivity index (χ4v) is 8.66. The standard InChI is InChI=1S/C48H53N5O7S/c1-3-59-42-26-35(18-21-41(42)58-2)28-53-47(56)37-9-6-10-40(45(37)48(53)57)51-23-5-4-8-32-12-14-33(15-13-32)22-24-50-27-34-16-19-36(20-17-34)60-30-43-38-29-52(25-7-11-44(49)54)46(55)39(38)31-61-43/h6,9-10,12-21,26,31,50-51H,3-5,7-8,11,22-25,27-30H2,1-2H3,(H2,49,54). The molecule has 4 aromatic carbocycles. The van der Waals surface area contributed by atoms with Gasteiger partial charge in [-0.3, -0.25) is 24.1 Å². The van der Waals surface area contributed by atoms with Crippen LogP contribution in [0.4, 0.5) is 5.69 Å². The SMILES string of the molecule is CCOc1cc(CN2C(=O)c3cccc(NCCCCc4ccc(CCNCc5ccc(OCc6scc7c6CN(CCCC(N)=O)C7=O)cc5)cc4)c3C2=O)ccc1OC. The van der Waals surface area contributed by atoms with Crippen molar-refractivity contribution in [2.24, 2.45) is 5.73 Å². The fourth-order valence-electron chi connectivity index (χ4n) is 7.72. The summed E-state index contributed by atoms with van der Waals surface area (Å²) >= 11 is 1.55. The summed E-state index contributed by atoms with van der Waals surface area (Å²) in [6, 6.07) is 27.8. The van der Waals surface area contributed by atoms with Crippen molar-refractivity contribution >= 4 is 40.7 Å². The van der Waals surface area contributed by atoms with Crippen LogP contribution in [-0.2, 0) is 43.9 Å². The number of methoxy groups -OCH3 is 1. The van der Waals surface area contributed by atoms with Crippen molar-refractivity contribution in [3.8, 4) is 17.2 Å². The summed E-state index contributed by atoms with van der Waals surface area (Å²) in [6.07, 6.45) is 4.63. The molecule has 12 nitrogen and oxygen atoms in total. The zero-order valence-corrected chi connectivity index (χ0v) is 35.6. The second-order valence-corrected chi connectivity index (χ2v) is 16.2. The molecule has 0 fully saturated rings. The van der Waals surface area contributed by atoms with Crippen LogP contribution in [0, 0.1) is 0 Å². The topological polar surface area (TPSA) is 153 Å². The van der Waals surface area contributed by atoms with Crippen molar-refractivity contribution in [1.29, 1.82) is 0 Å². The van der Waals surface area contributed by atoms with Gasteiger partial charge in [-0.25, -0.2) is 0 Å². The van der Waals surface area contributed by atoms with E-state index in [-0.39, 0.29) is 36.6 Å². The van der Waals surface area contributed by atoms with Gasteiger partial charge in [-0.15, -0.1) is 11.3 Å². The number of anilines is 1. The highest BCUT2D eigenvalue weighted by Gasteiger charge is 2.37. The molecular formula is C48H53N5O7S. The summed E-state index contributed by atoms with van der Waals surface area (Å²) in [5.74, 6) is 1.03. The van der Waals surface area contributed by atoms with E-state index in [2.05, 4.69) is 47.0 Å². The Morgan fingerprint density at radius 3 is 2.30 bits per heavy atom. The highest BCUT2D eigenvalue weighted by molar-refractivity contribution is 7.10. The molecular weight excluding hydrogens is 791 g/mol. The Balaban J connectivity index is 0.785. The van der Waals surface area contributed by atoms with Crippen molar-refractivity contribution in [1.82, 2.24) is 15.1 Å². The van der Waals surface area contributed by atoms with Gasteiger partial charge in [-0.1, -0.05) is 48.5 Å². The minimum absolute atomic E-state index is 0.00901. The third kappa shape index (κ3) is 10.6. The number of nitrogens with one attached hydrogen (secondary N) is 2. The first-order chi connectivity index (χ1) is 29.7. The summed E-state index contributed by atoms with van der Waals surface area (Å²) in [7, 11) is 1.58. The Morgan fingerprint density at radius 1 is 0.787 bits per heavy atom. The Hall–Kier alpha value is -6.18. The molecule has 318 valence electrons. The Bertz CT molecular complexity index is 2340. The molecule has 5 aromatic rings. The second-order valence-electron chi connectivity index (χ2n) is 15.3. The summed E-state index contributed by atoms with van der Waals surface area (Å²) in [4.78, 5) is 54.8. The van der Waals surface area contributed by atoms with E-state index in [0.29, 0.717) is 67.6 Å². The summed E-state index contributed by atoms with van der Waals surface area (Å²) in [6.45, 7) is 6.28. The van der Waals surface area contributed by atoms with Crippen molar-refractivity contribution in [3.63, 3.8) is 0 Å². The quantitative estimate of drug-likeness (QED) is 0.0448. The Morgan fingerprint density at radius 2 is 1.54 bits per heavy atom. The molecule has 61 heavy (non-hydrogen) atoms. The number of thiophene rings is 1. The fraction of sp³-hybridized carbons (Fsp3) is 0.333. The minimum atomic E-state index is -0.350. The van der Waals surface area contributed by atoms with E-state index in [1.165, 1.54) is 21.6 Å². The Labute approximate surface area is 361 Å². The van der Waals surface area contributed by atoms with Gasteiger partial charge in [-0.2, -0.15) is 0 Å². The molecule has 0 atom stereocenters. The monoisotopic (exact) mass is 843 g/mol. The number of aryl methyl sites for hydroxylation is 1. The van der Waals surface area contributed by atoms with Crippen LogP contribution in [0.25, 0.3) is 0 Å². The number of primary amides is 1. The first kappa shape index (κ1) is 42.9. The van der Waals surface area contributed by atoms with E-state index in [1.54, 1.807) is 35.5 Å². The lowest BCUT2D eigenvalue weighted by Gasteiger charge is -2.16. The van der Waals surface area contributed by atoms with Gasteiger partial charge in [0.25, 0.3) is 17.7 Å². The highest BCUT2D eigenvalue weighted by atomic mass is 32.1. The number of carbonyl (C=O) groups is 4. The van der Waals surface area contributed by atoms with E-state index < -0.39 is 0 Å². The lowest BCUT2D eigenvalue weighted by atomic mass is 10.0. The third-order valence-electron chi connectivity index (χ3n) is 11.0. The molecule has 4 amide bonds. The van der Waals surface area contributed by atoms with Gasteiger partial charge in [0.15, 0.2) is 11.5 Å². The van der Waals surface area contributed by atoms with Gasteiger partial charge in [-0.05, 0) is 104 Å². The molecule has 0 radical (unpaired) electrons. The zero-order chi connectivity index (χ0) is 42.7. The average molecular weight is 844 g/mol. The molecule has 7 rings (SSSR count). The summed E-state index contributed by atoms with van der Waals surface area (Å²) in [5, 5.41) is 8.86. The maximum absolute atomic E-state index is 13.5. The van der Waals surface area contributed by atoms with E-state index in [1.807, 2.05) is 48.7 Å². The molecule has 0 bridgehead atoms. The lowest BCUT2D eigenvalue weighted by molar-refractivity contribution is -0.118. The van der Waals surface area contributed by atoms with Gasteiger partial charge >= 0.3 is 0 Å². The minimum Gasteiger partial charge on any atom is -0.493 e. The van der Waals surface area contributed by atoms with Gasteiger partial charge in [0.1, 0.15) is 12.4 Å². The number of unbranched alkanes of at least 4 members (excludes halogenated alkanes) is 1. The van der Waals surface area contributed by atoms with E-state index >= 15 is 0 Å². The summed E-state index contributed by atoms with van der Waals surface area (Å²) < 4.78 is 17.1. The number of imide groups is 1. The number of hydrogen-bond acceptors (Lipinski definition) is 10. The third-order valence-corrected chi connectivity index (χ3v) is 12.0. The predicted octanol–water partition coefficient (Wildman–Crippen LogP) is 7.52. The number of fused-ring (bicyclic) bond motifs is 2. The molecule has 3 heterocycles. The molecule has 2 aliphatic rings. The average Bonchev–Trinajstić information content (AvgIpc) is 3.89. The molecule has 0 saturated carbocycles. The molecule has 2 aliphatic heterocycles. The number of nitrogens with two attached hydrogens (primary N) is 1. The van der Waals surface area contributed by atoms with Crippen molar-refractivity contribution in [2.75, 3.05) is 38.7 Å². The highest BCUT2D eigenvalue weighted by Crippen LogP contribution is 2.34. The Kier molecular flexibility index (Phi) is 14.3. The number of rotatable bonds is 23. The second kappa shape index (κ2) is 20.4. The predicted molar refractivity (Wildman–Crippen MR) is 236 cm³/mol.